The highest BCUT2D eigenvalue weighted by Gasteiger charge is 2.01. The van der Waals surface area contributed by atoms with Gasteiger partial charge >= 0.3 is 0 Å². The Kier molecular flexibility index (Phi) is 1.83. The lowest BCUT2D eigenvalue weighted by Crippen LogP contribution is -1.79. The van der Waals surface area contributed by atoms with E-state index in [0.29, 0.717) is 4.88 Å². The normalized spacial score (nSPS) is 13.8. The van der Waals surface area contributed by atoms with E-state index in [1.54, 1.807) is 11.7 Å². The van der Waals surface area contributed by atoms with Gasteiger partial charge in [-0.25, -0.2) is 0 Å². The Labute approximate surface area is 55.8 Å². The number of hydrogen-bond acceptors (Lipinski definition) is 3. The van der Waals surface area contributed by atoms with E-state index in [4.69, 9.17) is 16.7 Å². The smallest absolute Gasteiger partial charge is 0.164 e. The van der Waals surface area contributed by atoms with Crippen molar-refractivity contribution in [3.05, 3.63) is 16.6 Å². The van der Waals surface area contributed by atoms with Crippen LogP contribution in [-0.4, -0.2) is 10.1 Å². The van der Waals surface area contributed by atoms with Crippen LogP contribution in [0.4, 0.5) is 0 Å². The van der Waals surface area contributed by atoms with E-state index in [2.05, 4.69) is 4.98 Å². The predicted molar refractivity (Wildman–Crippen MR) is 32.9 cm³/mol. The third kappa shape index (κ3) is 1.18. The number of alkyl halides is 1. The molecule has 1 N–H and O–H groups in total. The van der Waals surface area contributed by atoms with Gasteiger partial charge in [0.2, 0.25) is 0 Å². The molecule has 44 valence electrons. The average Bonchev–Trinajstić information content (AvgIpc) is 2.12. The minimum absolute atomic E-state index is 0.687. The fourth-order valence-corrected chi connectivity index (χ4v) is 1.03. The van der Waals surface area contributed by atoms with E-state index in [-0.39, 0.29) is 0 Å². The van der Waals surface area contributed by atoms with Crippen molar-refractivity contribution < 1.29 is 5.11 Å². The standard InChI is InChI=1S/C4H4ClNOS/c5-4(7)3-1-6-2-8-3/h1-2,4,7H. The molecule has 0 aliphatic carbocycles. The Hall–Kier alpha value is -0.120. The first kappa shape index (κ1) is 6.01. The summed E-state index contributed by atoms with van der Waals surface area (Å²) in [6, 6.07) is 0. The molecule has 0 amide bonds. The Balaban J connectivity index is 2.77. The van der Waals surface area contributed by atoms with Gasteiger partial charge in [-0.3, -0.25) is 4.98 Å². The Bertz CT molecular complexity index is 151. The first-order valence-corrected chi connectivity index (χ1v) is 3.33. The monoisotopic (exact) mass is 149 g/mol. The molecule has 1 heterocycles. The van der Waals surface area contributed by atoms with Gasteiger partial charge in [0.25, 0.3) is 0 Å². The van der Waals surface area contributed by atoms with Crippen LogP contribution < -0.4 is 0 Å². The average molecular weight is 150 g/mol. The van der Waals surface area contributed by atoms with E-state index in [0.717, 1.165) is 0 Å². The van der Waals surface area contributed by atoms with Crippen LogP contribution in [-0.2, 0) is 0 Å². The third-order valence-corrected chi connectivity index (χ3v) is 1.88. The summed E-state index contributed by atoms with van der Waals surface area (Å²) in [4.78, 5) is 4.40. The second kappa shape index (κ2) is 2.44. The number of aromatic nitrogens is 1. The van der Waals surface area contributed by atoms with Crippen LogP contribution in [0.5, 0.6) is 0 Å². The van der Waals surface area contributed by atoms with Gasteiger partial charge in [-0.05, 0) is 0 Å². The van der Waals surface area contributed by atoms with Crippen molar-refractivity contribution in [3.8, 4) is 0 Å². The molecule has 0 saturated carbocycles. The summed E-state index contributed by atoms with van der Waals surface area (Å²) >= 11 is 6.61. The largest absolute Gasteiger partial charge is 0.373 e. The fraction of sp³-hybridized carbons (Fsp3) is 0.250. The van der Waals surface area contributed by atoms with Gasteiger partial charge < -0.3 is 5.11 Å². The molecular formula is C4H4ClNOS. The fourth-order valence-electron chi connectivity index (χ4n) is 0.343. The summed E-state index contributed by atoms with van der Waals surface area (Å²) < 4.78 is 0. The zero-order valence-electron chi connectivity index (χ0n) is 3.91. The van der Waals surface area contributed by atoms with E-state index in [9.17, 15) is 0 Å². The van der Waals surface area contributed by atoms with Gasteiger partial charge in [-0.1, -0.05) is 11.6 Å². The van der Waals surface area contributed by atoms with Crippen LogP contribution >= 0.6 is 22.9 Å². The molecule has 0 fully saturated rings. The minimum atomic E-state index is -0.887. The highest BCUT2D eigenvalue weighted by molar-refractivity contribution is 7.09. The molecule has 0 aromatic carbocycles. The molecule has 1 unspecified atom stereocenters. The Morgan fingerprint density at radius 2 is 2.62 bits per heavy atom. The van der Waals surface area contributed by atoms with Crippen LogP contribution in [0.1, 0.15) is 10.4 Å². The Morgan fingerprint density at radius 3 is 2.88 bits per heavy atom. The van der Waals surface area contributed by atoms with Gasteiger partial charge in [0.1, 0.15) is 0 Å². The molecule has 0 aliphatic heterocycles. The highest BCUT2D eigenvalue weighted by atomic mass is 35.5. The molecule has 0 radical (unpaired) electrons. The first-order valence-electron chi connectivity index (χ1n) is 2.01. The van der Waals surface area contributed by atoms with Crippen LogP contribution in [0, 0.1) is 0 Å². The molecule has 0 saturated heterocycles. The highest BCUT2D eigenvalue weighted by Crippen LogP contribution is 2.19. The SMILES string of the molecule is OC(Cl)c1cncs1. The van der Waals surface area contributed by atoms with Crippen molar-refractivity contribution in [2.45, 2.75) is 5.56 Å². The zero-order valence-corrected chi connectivity index (χ0v) is 5.49. The van der Waals surface area contributed by atoms with Crippen LogP contribution in [0.2, 0.25) is 0 Å². The summed E-state index contributed by atoms with van der Waals surface area (Å²) in [6.07, 6.45) is 1.54. The van der Waals surface area contributed by atoms with Crippen molar-refractivity contribution in [1.29, 1.82) is 0 Å². The van der Waals surface area contributed by atoms with E-state index < -0.39 is 5.56 Å². The molecule has 1 atom stereocenters. The van der Waals surface area contributed by atoms with Gasteiger partial charge in [0.05, 0.1) is 10.4 Å². The quantitative estimate of drug-likeness (QED) is 0.612. The molecule has 1 aromatic rings. The molecule has 1 aromatic heterocycles. The van der Waals surface area contributed by atoms with Crippen molar-refractivity contribution in [2.75, 3.05) is 0 Å². The second-order valence-corrected chi connectivity index (χ2v) is 2.57. The number of hydrogen-bond donors (Lipinski definition) is 1. The van der Waals surface area contributed by atoms with E-state index >= 15 is 0 Å². The zero-order chi connectivity index (χ0) is 5.98. The molecular weight excluding hydrogens is 146 g/mol. The molecule has 0 bridgehead atoms. The van der Waals surface area contributed by atoms with Crippen LogP contribution in [0.3, 0.4) is 0 Å². The molecule has 0 spiro atoms. The summed E-state index contributed by atoms with van der Waals surface area (Å²) in [7, 11) is 0. The van der Waals surface area contributed by atoms with Crippen molar-refractivity contribution in [3.63, 3.8) is 0 Å². The maximum atomic E-state index is 8.65. The lowest BCUT2D eigenvalue weighted by atomic mass is 10.6. The van der Waals surface area contributed by atoms with E-state index in [1.165, 1.54) is 11.3 Å². The topological polar surface area (TPSA) is 33.1 Å². The lowest BCUT2D eigenvalue weighted by molar-refractivity contribution is 0.266. The van der Waals surface area contributed by atoms with Gasteiger partial charge in [-0.2, -0.15) is 0 Å². The number of nitrogens with zero attached hydrogens (tertiary/aromatic N) is 1. The minimum Gasteiger partial charge on any atom is -0.373 e. The van der Waals surface area contributed by atoms with Crippen LogP contribution in [0.25, 0.3) is 0 Å². The number of aliphatic hydroxyl groups is 1. The van der Waals surface area contributed by atoms with Gasteiger partial charge in [-0.15, -0.1) is 11.3 Å². The number of rotatable bonds is 1. The molecule has 0 aliphatic rings. The third-order valence-electron chi connectivity index (χ3n) is 0.686. The summed E-state index contributed by atoms with van der Waals surface area (Å²) in [5, 5.41) is 8.65. The maximum absolute atomic E-state index is 8.65. The summed E-state index contributed by atoms with van der Waals surface area (Å²) in [5.41, 5.74) is 0.739. The molecule has 2 nitrogen and oxygen atoms in total. The van der Waals surface area contributed by atoms with Gasteiger partial charge in [0.15, 0.2) is 5.56 Å². The summed E-state index contributed by atoms with van der Waals surface area (Å²) in [5.74, 6) is 0. The maximum Gasteiger partial charge on any atom is 0.164 e. The lowest BCUT2D eigenvalue weighted by Gasteiger charge is -1.91. The molecule has 4 heteroatoms. The molecule has 1 rings (SSSR count). The number of thiazole rings is 1. The van der Waals surface area contributed by atoms with Gasteiger partial charge in [0, 0.05) is 6.20 Å². The number of aliphatic hydroxyl groups excluding tert-OH is 1. The Morgan fingerprint density at radius 1 is 1.88 bits per heavy atom. The van der Waals surface area contributed by atoms with Crippen molar-refractivity contribution in [2.24, 2.45) is 0 Å². The van der Waals surface area contributed by atoms with Crippen LogP contribution in [0.15, 0.2) is 11.7 Å². The molecule has 8 heavy (non-hydrogen) atoms. The number of halogens is 1. The predicted octanol–water partition coefficient (Wildman–Crippen LogP) is 1.37. The van der Waals surface area contributed by atoms with E-state index in [1.807, 2.05) is 0 Å². The van der Waals surface area contributed by atoms with Crippen molar-refractivity contribution in [1.82, 2.24) is 4.98 Å². The summed E-state index contributed by atoms with van der Waals surface area (Å²) in [6.45, 7) is 0. The second-order valence-electron chi connectivity index (χ2n) is 1.24. The van der Waals surface area contributed by atoms with Crippen molar-refractivity contribution >= 4 is 22.9 Å². The first-order chi connectivity index (χ1) is 3.80.